The highest BCUT2D eigenvalue weighted by atomic mass is 16.7. The topological polar surface area (TPSA) is 46.2 Å². The molecule has 0 aromatic carbocycles. The van der Waals surface area contributed by atoms with Crippen molar-refractivity contribution in [1.82, 2.24) is 0 Å². The highest BCUT2D eigenvalue weighted by Crippen LogP contribution is 2.39. The van der Waals surface area contributed by atoms with Gasteiger partial charge in [0, 0.05) is 20.3 Å². The molecular formula is C14H24O5. The van der Waals surface area contributed by atoms with Gasteiger partial charge in [0.2, 0.25) is 0 Å². The maximum absolute atomic E-state index is 5.73. The fourth-order valence-corrected chi connectivity index (χ4v) is 2.26. The summed E-state index contributed by atoms with van der Waals surface area (Å²) in [7, 11) is 4.70. The van der Waals surface area contributed by atoms with E-state index in [1.807, 2.05) is 32.9 Å². The molecule has 0 saturated carbocycles. The first-order chi connectivity index (χ1) is 9.01. The van der Waals surface area contributed by atoms with Gasteiger partial charge < -0.3 is 23.7 Å². The lowest BCUT2D eigenvalue weighted by Crippen LogP contribution is -2.46. The minimum atomic E-state index is -1.14. The number of ether oxygens (including phenoxy) is 5. The maximum Gasteiger partial charge on any atom is 0.287 e. The van der Waals surface area contributed by atoms with Crippen molar-refractivity contribution in [3.8, 4) is 0 Å². The van der Waals surface area contributed by atoms with Gasteiger partial charge in [-0.2, -0.15) is 0 Å². The normalized spacial score (nSPS) is 30.6. The Labute approximate surface area is 115 Å². The van der Waals surface area contributed by atoms with Crippen LogP contribution in [0.3, 0.4) is 0 Å². The van der Waals surface area contributed by atoms with Crippen LogP contribution in [0.1, 0.15) is 20.8 Å². The molecule has 1 aliphatic rings. The second kappa shape index (κ2) is 6.41. The Morgan fingerprint density at radius 2 is 1.37 bits per heavy atom. The molecule has 0 spiro atoms. The van der Waals surface area contributed by atoms with E-state index in [-0.39, 0.29) is 0 Å². The Kier molecular flexibility index (Phi) is 5.40. The summed E-state index contributed by atoms with van der Waals surface area (Å²) in [6.45, 7) is 6.79. The van der Waals surface area contributed by atoms with Crippen LogP contribution in [0.5, 0.6) is 0 Å². The van der Waals surface area contributed by atoms with Crippen molar-refractivity contribution in [2.45, 2.75) is 32.2 Å². The largest absolute Gasteiger partial charge is 0.495 e. The molecule has 19 heavy (non-hydrogen) atoms. The first-order valence-electron chi connectivity index (χ1n) is 6.39. The van der Waals surface area contributed by atoms with Gasteiger partial charge in [0.05, 0.1) is 14.2 Å². The molecule has 5 heteroatoms. The average molecular weight is 272 g/mol. The van der Waals surface area contributed by atoms with E-state index in [0.717, 1.165) is 0 Å². The summed E-state index contributed by atoms with van der Waals surface area (Å²) in [6, 6.07) is 0. The second-order valence-corrected chi connectivity index (χ2v) is 4.30. The van der Waals surface area contributed by atoms with Crippen molar-refractivity contribution in [2.24, 2.45) is 0 Å². The summed E-state index contributed by atoms with van der Waals surface area (Å²) < 4.78 is 27.9. The summed E-state index contributed by atoms with van der Waals surface area (Å²) in [6.07, 6.45) is 3.69. The van der Waals surface area contributed by atoms with Crippen LogP contribution in [0, 0.1) is 0 Å². The molecule has 110 valence electrons. The average Bonchev–Trinajstić information content (AvgIpc) is 2.40. The van der Waals surface area contributed by atoms with Crippen LogP contribution in [0.2, 0.25) is 0 Å². The molecule has 0 heterocycles. The van der Waals surface area contributed by atoms with Crippen LogP contribution in [-0.2, 0) is 23.7 Å². The van der Waals surface area contributed by atoms with Crippen LogP contribution >= 0.6 is 0 Å². The molecule has 1 aliphatic carbocycles. The van der Waals surface area contributed by atoms with Gasteiger partial charge in [-0.3, -0.25) is 0 Å². The third-order valence-electron chi connectivity index (χ3n) is 3.01. The van der Waals surface area contributed by atoms with Gasteiger partial charge in [-0.1, -0.05) is 0 Å². The molecule has 5 nitrogen and oxygen atoms in total. The first-order valence-corrected chi connectivity index (χ1v) is 6.39. The van der Waals surface area contributed by atoms with E-state index in [9.17, 15) is 0 Å². The quantitative estimate of drug-likeness (QED) is 0.665. The van der Waals surface area contributed by atoms with E-state index in [0.29, 0.717) is 24.7 Å². The molecule has 0 aliphatic heterocycles. The van der Waals surface area contributed by atoms with Gasteiger partial charge in [0.1, 0.15) is 5.60 Å². The third kappa shape index (κ3) is 2.94. The Morgan fingerprint density at radius 1 is 0.895 bits per heavy atom. The molecule has 0 saturated heterocycles. The molecule has 0 bridgehead atoms. The SMILES string of the molecule is CCOC1(C)C=C(OC)C(OC)(OCC)C(OC)=C1. The van der Waals surface area contributed by atoms with Crippen molar-refractivity contribution in [2.75, 3.05) is 34.5 Å². The van der Waals surface area contributed by atoms with Gasteiger partial charge in [-0.05, 0) is 32.9 Å². The van der Waals surface area contributed by atoms with Gasteiger partial charge in [-0.25, -0.2) is 0 Å². The number of methoxy groups -OCH3 is 3. The van der Waals surface area contributed by atoms with Gasteiger partial charge in [-0.15, -0.1) is 0 Å². The number of rotatable bonds is 7. The van der Waals surface area contributed by atoms with Gasteiger partial charge in [0.15, 0.2) is 11.5 Å². The lowest BCUT2D eigenvalue weighted by Gasteiger charge is -2.40. The summed E-state index contributed by atoms with van der Waals surface area (Å²) in [5.41, 5.74) is -0.607. The third-order valence-corrected chi connectivity index (χ3v) is 3.01. The van der Waals surface area contributed by atoms with E-state index in [4.69, 9.17) is 23.7 Å². The monoisotopic (exact) mass is 272 g/mol. The van der Waals surface area contributed by atoms with Gasteiger partial charge in [0.25, 0.3) is 5.79 Å². The zero-order chi connectivity index (χ0) is 14.5. The Balaban J connectivity index is 3.29. The summed E-state index contributed by atoms with van der Waals surface area (Å²) in [4.78, 5) is 0. The molecule has 0 fully saturated rings. The van der Waals surface area contributed by atoms with Crippen molar-refractivity contribution < 1.29 is 23.7 Å². The highest BCUT2D eigenvalue weighted by molar-refractivity contribution is 5.35. The predicted molar refractivity (Wildman–Crippen MR) is 71.6 cm³/mol. The first kappa shape index (κ1) is 16.0. The second-order valence-electron chi connectivity index (χ2n) is 4.30. The highest BCUT2D eigenvalue weighted by Gasteiger charge is 2.48. The van der Waals surface area contributed by atoms with Crippen LogP contribution < -0.4 is 0 Å². The van der Waals surface area contributed by atoms with Crippen molar-refractivity contribution in [3.05, 3.63) is 23.7 Å². The number of hydrogen-bond donors (Lipinski definition) is 0. The lowest BCUT2D eigenvalue weighted by molar-refractivity contribution is -0.212. The summed E-state index contributed by atoms with van der Waals surface area (Å²) in [5, 5.41) is 0. The lowest BCUT2D eigenvalue weighted by atomic mass is 9.93. The zero-order valence-corrected chi connectivity index (χ0v) is 12.6. The van der Waals surface area contributed by atoms with E-state index in [1.165, 1.54) is 0 Å². The zero-order valence-electron chi connectivity index (χ0n) is 12.6. The van der Waals surface area contributed by atoms with Crippen molar-refractivity contribution in [1.29, 1.82) is 0 Å². The van der Waals surface area contributed by atoms with Crippen molar-refractivity contribution in [3.63, 3.8) is 0 Å². The Bertz CT molecular complexity index is 337. The van der Waals surface area contributed by atoms with Crippen LogP contribution in [-0.4, -0.2) is 45.9 Å². The minimum absolute atomic E-state index is 0.459. The molecule has 0 amide bonds. The molecule has 0 aromatic rings. The minimum Gasteiger partial charge on any atom is -0.495 e. The fraction of sp³-hybridized carbons (Fsp3) is 0.714. The van der Waals surface area contributed by atoms with Crippen LogP contribution in [0.15, 0.2) is 23.7 Å². The summed E-state index contributed by atoms with van der Waals surface area (Å²) >= 11 is 0. The molecule has 0 unspecified atom stereocenters. The molecule has 0 aromatic heterocycles. The van der Waals surface area contributed by atoms with E-state index >= 15 is 0 Å². The standard InChI is InChI=1S/C14H24O5/c1-7-18-13(3)9-11(15-4)14(17-6,19-8-2)12(10-13)16-5/h9-10H,7-8H2,1-6H3. The molecule has 0 N–H and O–H groups in total. The van der Waals surface area contributed by atoms with Crippen LogP contribution in [0.25, 0.3) is 0 Å². The Hall–Kier alpha value is -1.04. The van der Waals surface area contributed by atoms with E-state index in [1.54, 1.807) is 21.3 Å². The molecular weight excluding hydrogens is 248 g/mol. The number of hydrogen-bond acceptors (Lipinski definition) is 5. The molecule has 1 rings (SSSR count). The van der Waals surface area contributed by atoms with E-state index in [2.05, 4.69) is 0 Å². The summed E-state index contributed by atoms with van der Waals surface area (Å²) in [5.74, 6) is -0.103. The Morgan fingerprint density at radius 3 is 1.68 bits per heavy atom. The van der Waals surface area contributed by atoms with E-state index < -0.39 is 11.4 Å². The fourth-order valence-electron chi connectivity index (χ4n) is 2.26. The van der Waals surface area contributed by atoms with Crippen molar-refractivity contribution >= 4 is 0 Å². The maximum atomic E-state index is 5.73. The predicted octanol–water partition coefficient (Wildman–Crippen LogP) is 2.24. The molecule has 0 radical (unpaired) electrons. The van der Waals surface area contributed by atoms with Gasteiger partial charge >= 0.3 is 0 Å². The van der Waals surface area contributed by atoms with Crippen LogP contribution in [0.4, 0.5) is 0 Å². The smallest absolute Gasteiger partial charge is 0.287 e. The molecule has 0 atom stereocenters.